The monoisotopic (exact) mass is 343 g/mol. The van der Waals surface area contributed by atoms with E-state index in [0.717, 1.165) is 0 Å². The van der Waals surface area contributed by atoms with Crippen LogP contribution in [0, 0.1) is 0 Å². The molecular formula is C19H22BrN. The average Bonchev–Trinajstić information content (AvgIpc) is 2.42. The lowest BCUT2D eigenvalue weighted by atomic mass is 9.75. The van der Waals surface area contributed by atoms with Gasteiger partial charge in [-0.15, -0.1) is 0 Å². The third-order valence-corrected chi connectivity index (χ3v) is 4.89. The SMILES string of the molecule is CC(C)c1ccccc1NC1CC(c2cccc(Br)c2)C1. The lowest BCUT2D eigenvalue weighted by molar-refractivity contribution is 0.374. The maximum absolute atomic E-state index is 3.73. The standard InChI is InChI=1S/C19H22BrN/c1-13(2)18-8-3-4-9-19(18)21-17-11-15(12-17)14-6-5-7-16(20)10-14/h3-10,13,15,17,21H,11-12H2,1-2H3. The molecule has 110 valence electrons. The van der Waals surface area contributed by atoms with Crippen LogP contribution in [-0.4, -0.2) is 6.04 Å². The van der Waals surface area contributed by atoms with E-state index in [4.69, 9.17) is 0 Å². The molecule has 1 aliphatic carbocycles. The van der Waals surface area contributed by atoms with Crippen LogP contribution in [0.4, 0.5) is 5.69 Å². The fourth-order valence-corrected chi connectivity index (χ4v) is 3.54. The van der Waals surface area contributed by atoms with Crippen molar-refractivity contribution in [1.29, 1.82) is 0 Å². The van der Waals surface area contributed by atoms with Crippen molar-refractivity contribution in [2.24, 2.45) is 0 Å². The highest BCUT2D eigenvalue weighted by Crippen LogP contribution is 2.40. The fourth-order valence-electron chi connectivity index (χ4n) is 3.12. The Balaban J connectivity index is 1.63. The summed E-state index contributed by atoms with van der Waals surface area (Å²) in [5.74, 6) is 1.26. The molecule has 0 radical (unpaired) electrons. The van der Waals surface area contributed by atoms with E-state index in [-0.39, 0.29) is 0 Å². The summed E-state index contributed by atoms with van der Waals surface area (Å²) in [5.41, 5.74) is 4.19. The average molecular weight is 344 g/mol. The molecule has 0 spiro atoms. The third-order valence-electron chi connectivity index (χ3n) is 4.40. The Hall–Kier alpha value is -1.28. The first kappa shape index (κ1) is 14.6. The van der Waals surface area contributed by atoms with Crippen LogP contribution in [0.15, 0.2) is 53.0 Å². The summed E-state index contributed by atoms with van der Waals surface area (Å²) in [4.78, 5) is 0. The Kier molecular flexibility index (Phi) is 4.34. The molecule has 1 N–H and O–H groups in total. The number of para-hydroxylation sites is 1. The number of halogens is 1. The highest BCUT2D eigenvalue weighted by Gasteiger charge is 2.30. The number of hydrogen-bond donors (Lipinski definition) is 1. The van der Waals surface area contributed by atoms with Crippen molar-refractivity contribution in [3.63, 3.8) is 0 Å². The Bertz CT molecular complexity index is 614. The molecule has 1 saturated carbocycles. The van der Waals surface area contributed by atoms with E-state index in [1.807, 2.05) is 0 Å². The summed E-state index contributed by atoms with van der Waals surface area (Å²) >= 11 is 3.56. The summed E-state index contributed by atoms with van der Waals surface area (Å²) in [6.07, 6.45) is 2.45. The second-order valence-electron chi connectivity index (χ2n) is 6.31. The van der Waals surface area contributed by atoms with Gasteiger partial charge in [0.05, 0.1) is 0 Å². The molecule has 3 rings (SSSR count). The highest BCUT2D eigenvalue weighted by molar-refractivity contribution is 9.10. The molecule has 2 aromatic carbocycles. The molecule has 1 aliphatic rings. The molecule has 0 aromatic heterocycles. The van der Waals surface area contributed by atoms with Gasteiger partial charge < -0.3 is 5.32 Å². The molecule has 21 heavy (non-hydrogen) atoms. The maximum Gasteiger partial charge on any atom is 0.0377 e. The van der Waals surface area contributed by atoms with Crippen LogP contribution in [-0.2, 0) is 0 Å². The Labute approximate surface area is 135 Å². The fraction of sp³-hybridized carbons (Fsp3) is 0.368. The van der Waals surface area contributed by atoms with Gasteiger partial charge in [0.2, 0.25) is 0 Å². The van der Waals surface area contributed by atoms with Crippen molar-refractivity contribution >= 4 is 21.6 Å². The normalized spacial score (nSPS) is 21.1. The van der Waals surface area contributed by atoms with Crippen molar-refractivity contribution in [2.75, 3.05) is 5.32 Å². The van der Waals surface area contributed by atoms with E-state index in [1.165, 1.54) is 34.1 Å². The molecule has 2 aromatic rings. The molecule has 0 atom stereocenters. The van der Waals surface area contributed by atoms with E-state index < -0.39 is 0 Å². The first-order valence-electron chi connectivity index (χ1n) is 7.74. The number of anilines is 1. The molecule has 0 heterocycles. The number of hydrogen-bond acceptors (Lipinski definition) is 1. The van der Waals surface area contributed by atoms with Crippen molar-refractivity contribution in [3.05, 3.63) is 64.1 Å². The van der Waals surface area contributed by atoms with Crippen LogP contribution < -0.4 is 5.32 Å². The second-order valence-corrected chi connectivity index (χ2v) is 7.22. The number of rotatable bonds is 4. The van der Waals surface area contributed by atoms with Gasteiger partial charge in [-0.3, -0.25) is 0 Å². The van der Waals surface area contributed by atoms with Crippen LogP contribution in [0.1, 0.15) is 49.7 Å². The lowest BCUT2D eigenvalue weighted by Gasteiger charge is -2.37. The van der Waals surface area contributed by atoms with Gasteiger partial charge in [0.1, 0.15) is 0 Å². The van der Waals surface area contributed by atoms with Crippen molar-refractivity contribution in [2.45, 2.75) is 44.6 Å². The molecule has 0 bridgehead atoms. The van der Waals surface area contributed by atoms with Crippen LogP contribution in [0.3, 0.4) is 0 Å². The van der Waals surface area contributed by atoms with E-state index in [1.54, 1.807) is 0 Å². The van der Waals surface area contributed by atoms with Crippen LogP contribution in [0.5, 0.6) is 0 Å². The van der Waals surface area contributed by atoms with Gasteiger partial charge in [-0.2, -0.15) is 0 Å². The van der Waals surface area contributed by atoms with Crippen molar-refractivity contribution in [1.82, 2.24) is 0 Å². The predicted octanol–water partition coefficient (Wildman–Crippen LogP) is 5.93. The summed E-state index contributed by atoms with van der Waals surface area (Å²) in [6.45, 7) is 4.51. The van der Waals surface area contributed by atoms with Gasteiger partial charge in [0.25, 0.3) is 0 Å². The molecule has 0 amide bonds. The van der Waals surface area contributed by atoms with Crippen molar-refractivity contribution in [3.8, 4) is 0 Å². The molecule has 1 nitrogen and oxygen atoms in total. The van der Waals surface area contributed by atoms with Gasteiger partial charge in [-0.05, 0) is 54.0 Å². The molecule has 1 fully saturated rings. The minimum atomic E-state index is 0.564. The minimum Gasteiger partial charge on any atom is -0.382 e. The Morgan fingerprint density at radius 3 is 2.52 bits per heavy atom. The smallest absolute Gasteiger partial charge is 0.0377 e. The third kappa shape index (κ3) is 3.32. The van der Waals surface area contributed by atoms with Gasteiger partial charge in [0, 0.05) is 16.2 Å². The van der Waals surface area contributed by atoms with E-state index in [0.29, 0.717) is 17.9 Å². The number of benzene rings is 2. The molecule has 0 aliphatic heterocycles. The molecule has 0 unspecified atom stereocenters. The lowest BCUT2D eigenvalue weighted by Crippen LogP contribution is -2.34. The zero-order valence-electron chi connectivity index (χ0n) is 12.6. The van der Waals surface area contributed by atoms with Gasteiger partial charge in [-0.1, -0.05) is 60.1 Å². The van der Waals surface area contributed by atoms with Crippen molar-refractivity contribution < 1.29 is 0 Å². The first-order valence-corrected chi connectivity index (χ1v) is 8.53. The van der Waals surface area contributed by atoms with Crippen LogP contribution in [0.2, 0.25) is 0 Å². The van der Waals surface area contributed by atoms with E-state index in [9.17, 15) is 0 Å². The van der Waals surface area contributed by atoms with Crippen LogP contribution in [0.25, 0.3) is 0 Å². The minimum absolute atomic E-state index is 0.564. The Morgan fingerprint density at radius 1 is 1.05 bits per heavy atom. The summed E-state index contributed by atoms with van der Waals surface area (Å²) in [5, 5.41) is 3.73. The maximum atomic E-state index is 3.73. The zero-order valence-corrected chi connectivity index (χ0v) is 14.2. The Morgan fingerprint density at radius 2 is 1.81 bits per heavy atom. The molecular weight excluding hydrogens is 322 g/mol. The molecule has 0 saturated heterocycles. The summed E-state index contributed by atoms with van der Waals surface area (Å²) in [6, 6.07) is 18.0. The highest BCUT2D eigenvalue weighted by atomic mass is 79.9. The molecule has 2 heteroatoms. The largest absolute Gasteiger partial charge is 0.382 e. The topological polar surface area (TPSA) is 12.0 Å². The van der Waals surface area contributed by atoms with Gasteiger partial charge in [-0.25, -0.2) is 0 Å². The first-order chi connectivity index (χ1) is 10.1. The van der Waals surface area contributed by atoms with Crippen LogP contribution >= 0.6 is 15.9 Å². The number of nitrogens with one attached hydrogen (secondary N) is 1. The summed E-state index contributed by atoms with van der Waals surface area (Å²) in [7, 11) is 0. The van der Waals surface area contributed by atoms with Gasteiger partial charge in [0.15, 0.2) is 0 Å². The van der Waals surface area contributed by atoms with Gasteiger partial charge >= 0.3 is 0 Å². The summed E-state index contributed by atoms with van der Waals surface area (Å²) < 4.78 is 1.18. The second kappa shape index (κ2) is 6.23. The van der Waals surface area contributed by atoms with E-state index >= 15 is 0 Å². The predicted molar refractivity (Wildman–Crippen MR) is 94.1 cm³/mol. The van der Waals surface area contributed by atoms with E-state index in [2.05, 4.69) is 83.6 Å². The zero-order chi connectivity index (χ0) is 14.8. The quantitative estimate of drug-likeness (QED) is 0.725.